The number of hydrogen-bond acceptors (Lipinski definition) is 5. The molecule has 1 aromatic carbocycles. The molecule has 2 heterocycles. The number of benzene rings is 1. The van der Waals surface area contributed by atoms with Crippen molar-refractivity contribution in [3.8, 4) is 0 Å². The molecule has 5 nitrogen and oxygen atoms in total. The lowest BCUT2D eigenvalue weighted by molar-refractivity contribution is 0.640. The predicted octanol–water partition coefficient (Wildman–Crippen LogP) is 3.28. The van der Waals surface area contributed by atoms with E-state index in [2.05, 4.69) is 38.1 Å². The van der Waals surface area contributed by atoms with Crippen molar-refractivity contribution in [1.29, 1.82) is 0 Å². The molecule has 6 heteroatoms. The van der Waals surface area contributed by atoms with Crippen molar-refractivity contribution in [1.82, 2.24) is 9.97 Å². The van der Waals surface area contributed by atoms with Crippen molar-refractivity contribution in [2.75, 3.05) is 47.8 Å². The summed E-state index contributed by atoms with van der Waals surface area (Å²) in [5, 5.41) is 4.09. The SMILES string of the molecule is CCCNc1ccnc(N2CCN(c3cccc(Cl)c3)CC2)n1. The Bertz CT molecular complexity index is 640. The van der Waals surface area contributed by atoms with Crippen LogP contribution in [0, 0.1) is 0 Å². The highest BCUT2D eigenvalue weighted by Crippen LogP contribution is 2.22. The van der Waals surface area contributed by atoms with Crippen LogP contribution in [0.1, 0.15) is 13.3 Å². The summed E-state index contributed by atoms with van der Waals surface area (Å²) < 4.78 is 0. The molecular formula is C17H22ClN5. The number of nitrogens with one attached hydrogen (secondary N) is 1. The highest BCUT2D eigenvalue weighted by atomic mass is 35.5. The maximum atomic E-state index is 6.08. The molecule has 1 fully saturated rings. The Morgan fingerprint density at radius 1 is 1.13 bits per heavy atom. The van der Waals surface area contributed by atoms with Gasteiger partial charge in [0.05, 0.1) is 0 Å². The van der Waals surface area contributed by atoms with Crippen LogP contribution in [0.4, 0.5) is 17.5 Å². The van der Waals surface area contributed by atoms with E-state index in [1.54, 1.807) is 0 Å². The normalized spacial score (nSPS) is 14.9. The molecule has 1 saturated heterocycles. The quantitative estimate of drug-likeness (QED) is 0.911. The summed E-state index contributed by atoms with van der Waals surface area (Å²) in [6.07, 6.45) is 2.90. The Labute approximate surface area is 142 Å². The van der Waals surface area contributed by atoms with Crippen LogP contribution in [-0.4, -0.2) is 42.7 Å². The van der Waals surface area contributed by atoms with Gasteiger partial charge in [0, 0.05) is 49.6 Å². The molecule has 0 unspecified atom stereocenters. The van der Waals surface area contributed by atoms with Gasteiger partial charge in [0.15, 0.2) is 0 Å². The number of halogens is 1. The first-order chi connectivity index (χ1) is 11.3. The van der Waals surface area contributed by atoms with Gasteiger partial charge in [-0.05, 0) is 30.7 Å². The number of hydrogen-bond donors (Lipinski definition) is 1. The van der Waals surface area contributed by atoms with E-state index in [1.165, 1.54) is 5.69 Å². The Morgan fingerprint density at radius 2 is 1.91 bits per heavy atom. The molecule has 23 heavy (non-hydrogen) atoms. The number of rotatable bonds is 5. The zero-order valence-corrected chi connectivity index (χ0v) is 14.1. The van der Waals surface area contributed by atoms with E-state index in [4.69, 9.17) is 11.6 Å². The van der Waals surface area contributed by atoms with E-state index < -0.39 is 0 Å². The summed E-state index contributed by atoms with van der Waals surface area (Å²) in [5.41, 5.74) is 1.18. The van der Waals surface area contributed by atoms with Gasteiger partial charge in [-0.25, -0.2) is 4.98 Å². The summed E-state index contributed by atoms with van der Waals surface area (Å²) in [4.78, 5) is 13.6. The lowest BCUT2D eigenvalue weighted by atomic mass is 10.2. The third-order valence-electron chi connectivity index (χ3n) is 3.93. The average Bonchev–Trinajstić information content (AvgIpc) is 2.60. The number of piperazine rings is 1. The van der Waals surface area contributed by atoms with Crippen LogP contribution in [0.25, 0.3) is 0 Å². The fraction of sp³-hybridized carbons (Fsp3) is 0.412. The summed E-state index contributed by atoms with van der Waals surface area (Å²) in [6.45, 7) is 6.77. The molecule has 0 aliphatic carbocycles. The topological polar surface area (TPSA) is 44.3 Å². The van der Waals surface area contributed by atoms with E-state index in [9.17, 15) is 0 Å². The van der Waals surface area contributed by atoms with E-state index >= 15 is 0 Å². The monoisotopic (exact) mass is 331 g/mol. The van der Waals surface area contributed by atoms with E-state index in [0.717, 1.165) is 55.9 Å². The van der Waals surface area contributed by atoms with E-state index in [0.29, 0.717) is 0 Å². The van der Waals surface area contributed by atoms with Gasteiger partial charge in [-0.15, -0.1) is 0 Å². The Kier molecular flexibility index (Phi) is 5.18. The summed E-state index contributed by atoms with van der Waals surface area (Å²) >= 11 is 6.08. The van der Waals surface area contributed by atoms with Crippen LogP contribution in [0.5, 0.6) is 0 Å². The minimum atomic E-state index is 0.781. The molecule has 3 rings (SSSR count). The third kappa shape index (κ3) is 4.05. The first-order valence-corrected chi connectivity index (χ1v) is 8.46. The smallest absolute Gasteiger partial charge is 0.227 e. The molecule has 0 saturated carbocycles. The first kappa shape index (κ1) is 15.9. The second-order valence-electron chi connectivity index (χ2n) is 5.62. The molecule has 2 aromatic rings. The summed E-state index contributed by atoms with van der Waals surface area (Å²) in [6, 6.07) is 9.94. The number of aromatic nitrogens is 2. The molecule has 0 amide bonds. The summed E-state index contributed by atoms with van der Waals surface area (Å²) in [7, 11) is 0. The second-order valence-corrected chi connectivity index (χ2v) is 6.06. The number of anilines is 3. The van der Waals surface area contributed by atoms with Crippen molar-refractivity contribution >= 4 is 29.1 Å². The van der Waals surface area contributed by atoms with Gasteiger partial charge in [-0.2, -0.15) is 4.98 Å². The second kappa shape index (κ2) is 7.51. The van der Waals surface area contributed by atoms with Gasteiger partial charge in [0.25, 0.3) is 0 Å². The van der Waals surface area contributed by atoms with Gasteiger partial charge in [-0.3, -0.25) is 0 Å². The molecule has 0 radical (unpaired) electrons. The molecule has 1 aromatic heterocycles. The van der Waals surface area contributed by atoms with Crippen LogP contribution in [-0.2, 0) is 0 Å². The van der Waals surface area contributed by atoms with Crippen molar-refractivity contribution in [2.24, 2.45) is 0 Å². The van der Waals surface area contributed by atoms with Crippen molar-refractivity contribution in [2.45, 2.75) is 13.3 Å². The Morgan fingerprint density at radius 3 is 2.65 bits per heavy atom. The molecule has 1 aliphatic heterocycles. The maximum absolute atomic E-state index is 6.08. The molecule has 0 atom stereocenters. The van der Waals surface area contributed by atoms with E-state index in [1.807, 2.05) is 30.5 Å². The van der Waals surface area contributed by atoms with Gasteiger partial charge in [0.1, 0.15) is 5.82 Å². The van der Waals surface area contributed by atoms with Crippen LogP contribution in [0.2, 0.25) is 5.02 Å². The van der Waals surface area contributed by atoms with Gasteiger partial charge >= 0.3 is 0 Å². The molecule has 0 spiro atoms. The Hall–Kier alpha value is -2.01. The molecular weight excluding hydrogens is 310 g/mol. The van der Waals surface area contributed by atoms with Gasteiger partial charge in [-0.1, -0.05) is 24.6 Å². The van der Waals surface area contributed by atoms with Crippen LogP contribution < -0.4 is 15.1 Å². The summed E-state index contributed by atoms with van der Waals surface area (Å²) in [5.74, 6) is 1.70. The fourth-order valence-corrected chi connectivity index (χ4v) is 2.87. The fourth-order valence-electron chi connectivity index (χ4n) is 2.69. The Balaban J connectivity index is 1.62. The van der Waals surface area contributed by atoms with Crippen LogP contribution in [0.15, 0.2) is 36.5 Å². The van der Waals surface area contributed by atoms with E-state index in [-0.39, 0.29) is 0 Å². The first-order valence-electron chi connectivity index (χ1n) is 8.08. The highest BCUT2D eigenvalue weighted by Gasteiger charge is 2.19. The predicted molar refractivity (Wildman–Crippen MR) is 96.7 cm³/mol. The highest BCUT2D eigenvalue weighted by molar-refractivity contribution is 6.30. The van der Waals surface area contributed by atoms with Crippen molar-refractivity contribution in [3.05, 3.63) is 41.6 Å². The lowest BCUT2D eigenvalue weighted by Gasteiger charge is -2.36. The van der Waals surface area contributed by atoms with Crippen LogP contribution in [0.3, 0.4) is 0 Å². The average molecular weight is 332 g/mol. The van der Waals surface area contributed by atoms with Crippen molar-refractivity contribution in [3.63, 3.8) is 0 Å². The standard InChI is InChI=1S/C17H22ClN5/c1-2-7-19-16-6-8-20-17(21-16)23-11-9-22(10-12-23)15-5-3-4-14(18)13-15/h3-6,8,13H,2,7,9-12H2,1H3,(H,19,20,21). The number of nitrogens with zero attached hydrogens (tertiary/aromatic N) is 4. The zero-order chi connectivity index (χ0) is 16.1. The minimum Gasteiger partial charge on any atom is -0.370 e. The molecule has 1 aliphatic rings. The zero-order valence-electron chi connectivity index (χ0n) is 13.4. The molecule has 1 N–H and O–H groups in total. The van der Waals surface area contributed by atoms with Gasteiger partial charge in [0.2, 0.25) is 5.95 Å². The van der Waals surface area contributed by atoms with Crippen molar-refractivity contribution < 1.29 is 0 Å². The largest absolute Gasteiger partial charge is 0.370 e. The third-order valence-corrected chi connectivity index (χ3v) is 4.17. The molecule has 122 valence electrons. The maximum Gasteiger partial charge on any atom is 0.227 e. The lowest BCUT2D eigenvalue weighted by Crippen LogP contribution is -2.47. The van der Waals surface area contributed by atoms with Crippen LogP contribution >= 0.6 is 11.6 Å². The minimum absolute atomic E-state index is 0.781. The van der Waals surface area contributed by atoms with Gasteiger partial charge < -0.3 is 15.1 Å². The molecule has 0 bridgehead atoms.